The minimum atomic E-state index is -0.522. The number of rotatable bonds is 7. The van der Waals surface area contributed by atoms with E-state index < -0.39 is 4.92 Å². The molecular weight excluding hydrogens is 262 g/mol. The molecule has 0 aliphatic heterocycles. The van der Waals surface area contributed by atoms with E-state index in [1.165, 1.54) is 12.1 Å². The average Bonchev–Trinajstić information content (AvgIpc) is 2.44. The molecule has 0 spiro atoms. The largest absolute Gasteiger partial charge is 0.383 e. The Kier molecular flexibility index (Phi) is 5.92. The highest BCUT2D eigenvalue weighted by Crippen LogP contribution is 2.24. The molecule has 1 aromatic rings. The van der Waals surface area contributed by atoms with Crippen molar-refractivity contribution in [2.75, 3.05) is 25.6 Å². The number of hydrogen-bond donors (Lipinski definition) is 2. The number of carbonyl (C=O) groups excluding carboxylic acids is 1. The molecule has 1 aromatic carbocycles. The van der Waals surface area contributed by atoms with Gasteiger partial charge in [-0.3, -0.25) is 14.9 Å². The second-order valence-corrected chi connectivity index (χ2v) is 4.27. The van der Waals surface area contributed by atoms with Crippen LogP contribution in [0.25, 0.3) is 0 Å². The van der Waals surface area contributed by atoms with Crippen LogP contribution in [-0.2, 0) is 4.74 Å². The highest BCUT2D eigenvalue weighted by atomic mass is 16.6. The maximum atomic E-state index is 12.0. The van der Waals surface area contributed by atoms with Crippen LogP contribution in [0.4, 0.5) is 11.4 Å². The molecule has 1 atom stereocenters. The van der Waals surface area contributed by atoms with Crippen LogP contribution in [0, 0.1) is 10.1 Å². The Bertz CT molecular complexity index is 491. The molecule has 1 amide bonds. The minimum absolute atomic E-state index is 0.127. The predicted molar refractivity (Wildman–Crippen MR) is 76.1 cm³/mol. The third kappa shape index (κ3) is 4.20. The van der Waals surface area contributed by atoms with Gasteiger partial charge in [-0.25, -0.2) is 0 Å². The zero-order valence-electron chi connectivity index (χ0n) is 11.8. The Morgan fingerprint density at radius 3 is 2.75 bits per heavy atom. The average molecular weight is 281 g/mol. The summed E-state index contributed by atoms with van der Waals surface area (Å²) in [7, 11) is 1.59. The Balaban J connectivity index is 2.83. The van der Waals surface area contributed by atoms with Crippen molar-refractivity contribution < 1.29 is 14.5 Å². The lowest BCUT2D eigenvalue weighted by Crippen LogP contribution is -2.35. The summed E-state index contributed by atoms with van der Waals surface area (Å²) in [6, 6.07) is 4.15. The van der Waals surface area contributed by atoms with Crippen LogP contribution in [0.1, 0.15) is 24.2 Å². The van der Waals surface area contributed by atoms with Crippen LogP contribution in [0.15, 0.2) is 18.2 Å². The van der Waals surface area contributed by atoms with Crippen LogP contribution in [0.2, 0.25) is 0 Å². The summed E-state index contributed by atoms with van der Waals surface area (Å²) in [5.74, 6) is -0.358. The zero-order valence-corrected chi connectivity index (χ0v) is 11.8. The van der Waals surface area contributed by atoms with E-state index in [4.69, 9.17) is 4.74 Å². The first-order chi connectivity index (χ1) is 9.49. The van der Waals surface area contributed by atoms with Crippen molar-refractivity contribution in [2.24, 2.45) is 0 Å². The van der Waals surface area contributed by atoms with Crippen molar-refractivity contribution in [1.29, 1.82) is 0 Å². The molecule has 1 unspecified atom stereocenters. The van der Waals surface area contributed by atoms with E-state index >= 15 is 0 Å². The number of carbonyl (C=O) groups is 1. The van der Waals surface area contributed by atoms with E-state index in [-0.39, 0.29) is 23.2 Å². The summed E-state index contributed by atoms with van der Waals surface area (Å²) >= 11 is 0. The fraction of sp³-hybridized carbons (Fsp3) is 0.462. The number of benzene rings is 1. The summed E-state index contributed by atoms with van der Waals surface area (Å²) < 4.78 is 5.20. The highest BCUT2D eigenvalue weighted by Gasteiger charge is 2.17. The smallest absolute Gasteiger partial charge is 0.293 e. The Morgan fingerprint density at radius 2 is 2.20 bits per heavy atom. The molecule has 0 fully saturated rings. The van der Waals surface area contributed by atoms with E-state index in [0.29, 0.717) is 18.9 Å². The Morgan fingerprint density at radius 1 is 1.50 bits per heavy atom. The zero-order chi connectivity index (χ0) is 15.1. The van der Waals surface area contributed by atoms with Crippen molar-refractivity contribution in [2.45, 2.75) is 19.9 Å². The third-order valence-corrected chi connectivity index (χ3v) is 2.68. The molecule has 0 radical (unpaired) electrons. The minimum Gasteiger partial charge on any atom is -0.383 e. The molecule has 1 rings (SSSR count). The van der Waals surface area contributed by atoms with Crippen molar-refractivity contribution in [3.63, 3.8) is 0 Å². The quantitative estimate of drug-likeness (QED) is 0.587. The Labute approximate surface area is 117 Å². The molecule has 0 saturated heterocycles. The maximum absolute atomic E-state index is 12.0. The first kappa shape index (κ1) is 15.9. The normalized spacial score (nSPS) is 11.8. The van der Waals surface area contributed by atoms with E-state index in [2.05, 4.69) is 10.6 Å². The van der Waals surface area contributed by atoms with E-state index in [1.807, 2.05) is 13.8 Å². The van der Waals surface area contributed by atoms with Gasteiger partial charge in [-0.1, -0.05) is 0 Å². The van der Waals surface area contributed by atoms with Gasteiger partial charge in [0.15, 0.2) is 0 Å². The summed E-state index contributed by atoms with van der Waals surface area (Å²) in [6.07, 6.45) is 0. The van der Waals surface area contributed by atoms with Gasteiger partial charge in [0.05, 0.1) is 11.5 Å². The summed E-state index contributed by atoms with van der Waals surface area (Å²) in [6.45, 7) is 4.65. The third-order valence-electron chi connectivity index (χ3n) is 2.68. The molecule has 7 heteroatoms. The van der Waals surface area contributed by atoms with Crippen LogP contribution in [0.5, 0.6) is 0 Å². The summed E-state index contributed by atoms with van der Waals surface area (Å²) in [5, 5.41) is 16.4. The number of nitro groups is 1. The van der Waals surface area contributed by atoms with Crippen LogP contribution >= 0.6 is 0 Å². The molecule has 0 heterocycles. The number of ether oxygens (including phenoxy) is 1. The number of anilines is 1. The van der Waals surface area contributed by atoms with Gasteiger partial charge in [-0.2, -0.15) is 0 Å². The van der Waals surface area contributed by atoms with Gasteiger partial charge in [0.2, 0.25) is 0 Å². The monoisotopic (exact) mass is 281 g/mol. The number of nitrogens with zero attached hydrogens (tertiary/aromatic N) is 1. The van der Waals surface area contributed by atoms with Gasteiger partial charge >= 0.3 is 0 Å². The van der Waals surface area contributed by atoms with Gasteiger partial charge in [-0.05, 0) is 26.0 Å². The summed E-state index contributed by atoms with van der Waals surface area (Å²) in [5.41, 5.74) is 0.491. The van der Waals surface area contributed by atoms with Gasteiger partial charge in [-0.15, -0.1) is 0 Å². The van der Waals surface area contributed by atoms with Crippen molar-refractivity contribution in [1.82, 2.24) is 5.32 Å². The molecule has 0 aliphatic carbocycles. The molecule has 7 nitrogen and oxygen atoms in total. The standard InChI is InChI=1S/C13H19N3O4/c1-4-20-8-9(2)15-13(17)10-5-6-11(14-3)12(7-10)16(18)19/h5-7,9,14H,4,8H2,1-3H3,(H,15,17). The lowest BCUT2D eigenvalue weighted by Gasteiger charge is -2.13. The second kappa shape index (κ2) is 7.44. The van der Waals surface area contributed by atoms with Crippen molar-refractivity contribution in [3.8, 4) is 0 Å². The van der Waals surface area contributed by atoms with E-state index in [0.717, 1.165) is 0 Å². The molecule has 0 bridgehead atoms. The first-order valence-electron chi connectivity index (χ1n) is 6.34. The molecule has 0 aliphatic rings. The molecule has 20 heavy (non-hydrogen) atoms. The van der Waals surface area contributed by atoms with Gasteiger partial charge < -0.3 is 15.4 Å². The second-order valence-electron chi connectivity index (χ2n) is 4.27. The number of hydrogen-bond acceptors (Lipinski definition) is 5. The van der Waals surface area contributed by atoms with Crippen LogP contribution in [0.3, 0.4) is 0 Å². The number of nitro benzene ring substituents is 1. The fourth-order valence-electron chi connectivity index (χ4n) is 1.68. The van der Waals surface area contributed by atoms with Gasteiger partial charge in [0.1, 0.15) is 5.69 Å². The highest BCUT2D eigenvalue weighted by molar-refractivity contribution is 5.95. The lowest BCUT2D eigenvalue weighted by atomic mass is 10.1. The van der Waals surface area contributed by atoms with Gasteiger partial charge in [0.25, 0.3) is 11.6 Å². The summed E-state index contributed by atoms with van der Waals surface area (Å²) in [4.78, 5) is 22.4. The molecule has 0 saturated carbocycles. The molecule has 0 aromatic heterocycles. The van der Waals surface area contributed by atoms with Gasteiger partial charge in [0, 0.05) is 31.3 Å². The Hall–Kier alpha value is -2.15. The van der Waals surface area contributed by atoms with Crippen molar-refractivity contribution >= 4 is 17.3 Å². The van der Waals surface area contributed by atoms with Crippen LogP contribution in [-0.4, -0.2) is 37.1 Å². The van der Waals surface area contributed by atoms with E-state index in [1.54, 1.807) is 13.1 Å². The molecule has 2 N–H and O–H groups in total. The predicted octanol–water partition coefficient (Wildman–Crippen LogP) is 1.79. The SMILES string of the molecule is CCOCC(C)NC(=O)c1ccc(NC)c([N+](=O)[O-])c1. The lowest BCUT2D eigenvalue weighted by molar-refractivity contribution is -0.384. The number of amides is 1. The fourth-order valence-corrected chi connectivity index (χ4v) is 1.68. The van der Waals surface area contributed by atoms with E-state index in [9.17, 15) is 14.9 Å². The molecular formula is C13H19N3O4. The van der Waals surface area contributed by atoms with Crippen molar-refractivity contribution in [3.05, 3.63) is 33.9 Å². The first-order valence-corrected chi connectivity index (χ1v) is 6.34. The maximum Gasteiger partial charge on any atom is 0.293 e. The number of nitrogens with one attached hydrogen (secondary N) is 2. The van der Waals surface area contributed by atoms with Crippen LogP contribution < -0.4 is 10.6 Å². The topological polar surface area (TPSA) is 93.5 Å². The molecule has 110 valence electrons.